The lowest BCUT2D eigenvalue weighted by Gasteiger charge is -2.24. The summed E-state index contributed by atoms with van der Waals surface area (Å²) in [5, 5.41) is 7.15. The maximum absolute atomic E-state index is 12.2. The minimum absolute atomic E-state index is 0.0126. The van der Waals surface area contributed by atoms with Crippen molar-refractivity contribution in [2.75, 3.05) is 33.7 Å². The number of carbonyl (C=O) groups excluding carboxylic acids is 2. The Balaban J connectivity index is 1.90. The topological polar surface area (TPSA) is 52.7 Å². The number of rotatable bonds is 6. The van der Waals surface area contributed by atoms with E-state index in [4.69, 9.17) is 0 Å². The van der Waals surface area contributed by atoms with Gasteiger partial charge in [0.15, 0.2) is 0 Å². The average molecular weight is 309 g/mol. The molecule has 2 atom stereocenters. The molecule has 0 aromatic carbocycles. The van der Waals surface area contributed by atoms with Gasteiger partial charge in [-0.05, 0) is 43.4 Å². The van der Waals surface area contributed by atoms with Crippen molar-refractivity contribution in [1.82, 2.24) is 15.1 Å². The zero-order valence-electron chi connectivity index (χ0n) is 12.8. The van der Waals surface area contributed by atoms with Gasteiger partial charge < -0.3 is 15.1 Å². The van der Waals surface area contributed by atoms with Crippen LogP contribution in [0, 0.1) is 5.92 Å². The number of amides is 2. The molecule has 1 aliphatic heterocycles. The lowest BCUT2D eigenvalue weighted by Crippen LogP contribution is -2.38. The highest BCUT2D eigenvalue weighted by atomic mass is 32.1. The van der Waals surface area contributed by atoms with Crippen molar-refractivity contribution in [2.24, 2.45) is 5.92 Å². The molecular weight excluding hydrogens is 286 g/mol. The Morgan fingerprint density at radius 2 is 2.33 bits per heavy atom. The zero-order chi connectivity index (χ0) is 15.4. The Bertz CT molecular complexity index is 487. The predicted octanol–water partition coefficient (Wildman–Crippen LogP) is 1.34. The van der Waals surface area contributed by atoms with Crippen LogP contribution >= 0.6 is 11.3 Å². The summed E-state index contributed by atoms with van der Waals surface area (Å²) in [5.74, 6) is -0.135. The fourth-order valence-electron chi connectivity index (χ4n) is 2.66. The first kappa shape index (κ1) is 16.0. The minimum Gasteiger partial charge on any atom is -0.354 e. The summed E-state index contributed by atoms with van der Waals surface area (Å²) in [6.45, 7) is 3.74. The van der Waals surface area contributed by atoms with Crippen LogP contribution in [0.3, 0.4) is 0 Å². The first-order valence-corrected chi connectivity index (χ1v) is 8.21. The van der Waals surface area contributed by atoms with Gasteiger partial charge in [-0.15, -0.1) is 0 Å². The third-order valence-corrected chi connectivity index (χ3v) is 4.69. The number of likely N-dealkylation sites (tertiary alicyclic amines) is 1. The molecule has 1 aromatic heterocycles. The van der Waals surface area contributed by atoms with E-state index < -0.39 is 0 Å². The lowest BCUT2D eigenvalue weighted by molar-refractivity contribution is -0.128. The van der Waals surface area contributed by atoms with E-state index in [0.717, 1.165) is 0 Å². The van der Waals surface area contributed by atoms with Crippen LogP contribution in [0.5, 0.6) is 0 Å². The fourth-order valence-corrected chi connectivity index (χ4v) is 3.37. The van der Waals surface area contributed by atoms with Gasteiger partial charge in [-0.1, -0.05) is 0 Å². The smallest absolute Gasteiger partial charge is 0.225 e. The maximum Gasteiger partial charge on any atom is 0.225 e. The molecule has 116 valence electrons. The van der Waals surface area contributed by atoms with Crippen molar-refractivity contribution in [1.29, 1.82) is 0 Å². The van der Waals surface area contributed by atoms with Crippen LogP contribution in [-0.2, 0) is 9.59 Å². The van der Waals surface area contributed by atoms with E-state index in [0.29, 0.717) is 26.1 Å². The summed E-state index contributed by atoms with van der Waals surface area (Å²) in [6.07, 6.45) is 0.338. The number of thiophene rings is 1. The largest absolute Gasteiger partial charge is 0.354 e. The van der Waals surface area contributed by atoms with E-state index in [1.165, 1.54) is 5.56 Å². The Labute approximate surface area is 129 Å². The van der Waals surface area contributed by atoms with Gasteiger partial charge in [-0.3, -0.25) is 9.59 Å². The van der Waals surface area contributed by atoms with Crippen LogP contribution in [-0.4, -0.2) is 55.3 Å². The van der Waals surface area contributed by atoms with Crippen molar-refractivity contribution < 1.29 is 9.59 Å². The molecule has 2 heterocycles. The van der Waals surface area contributed by atoms with Gasteiger partial charge >= 0.3 is 0 Å². The van der Waals surface area contributed by atoms with Crippen LogP contribution < -0.4 is 5.32 Å². The van der Waals surface area contributed by atoms with Crippen LogP contribution in [0.2, 0.25) is 0 Å². The van der Waals surface area contributed by atoms with Crippen LogP contribution in [0.25, 0.3) is 0 Å². The Kier molecular flexibility index (Phi) is 5.36. The van der Waals surface area contributed by atoms with Crippen molar-refractivity contribution in [2.45, 2.75) is 19.4 Å². The lowest BCUT2D eigenvalue weighted by atomic mass is 10.1. The van der Waals surface area contributed by atoms with Gasteiger partial charge in [0.25, 0.3) is 0 Å². The molecule has 2 amide bonds. The molecule has 1 aromatic rings. The normalized spacial score (nSPS) is 20.1. The maximum atomic E-state index is 12.2. The Hall–Kier alpha value is -1.40. The molecule has 0 spiro atoms. The van der Waals surface area contributed by atoms with Crippen LogP contribution in [0.1, 0.15) is 24.9 Å². The molecule has 1 fully saturated rings. The highest BCUT2D eigenvalue weighted by Gasteiger charge is 2.33. The quantitative estimate of drug-likeness (QED) is 0.863. The van der Waals surface area contributed by atoms with Crippen LogP contribution in [0.15, 0.2) is 16.8 Å². The minimum atomic E-state index is -0.206. The standard InChI is InChI=1S/C15H23N3O2S/c1-4-18-9-12(7-14(18)19)15(20)16-8-13(17(2)3)11-5-6-21-10-11/h5-6,10,12-13H,4,7-9H2,1-3H3,(H,16,20). The SMILES string of the molecule is CCN1CC(C(=O)NCC(c2ccsc2)N(C)C)CC1=O. The molecule has 6 heteroatoms. The number of nitrogens with one attached hydrogen (secondary N) is 1. The summed E-state index contributed by atoms with van der Waals surface area (Å²) in [5.41, 5.74) is 1.21. The highest BCUT2D eigenvalue weighted by Crippen LogP contribution is 2.21. The Morgan fingerprint density at radius 3 is 2.86 bits per heavy atom. The predicted molar refractivity (Wildman–Crippen MR) is 84.1 cm³/mol. The molecule has 0 bridgehead atoms. The van der Waals surface area contributed by atoms with E-state index in [1.807, 2.05) is 26.4 Å². The number of carbonyl (C=O) groups is 2. The molecule has 0 radical (unpaired) electrons. The molecular formula is C15H23N3O2S. The molecule has 1 aliphatic rings. The number of likely N-dealkylation sites (N-methyl/N-ethyl adjacent to an activating group) is 1. The van der Waals surface area contributed by atoms with Gasteiger partial charge in [0.1, 0.15) is 0 Å². The third-order valence-electron chi connectivity index (χ3n) is 3.99. The van der Waals surface area contributed by atoms with Gasteiger partial charge in [0.2, 0.25) is 11.8 Å². The first-order chi connectivity index (χ1) is 10.0. The van der Waals surface area contributed by atoms with Gasteiger partial charge in [-0.25, -0.2) is 0 Å². The summed E-state index contributed by atoms with van der Waals surface area (Å²) in [4.78, 5) is 27.8. The summed E-state index contributed by atoms with van der Waals surface area (Å²) in [7, 11) is 4.01. The zero-order valence-corrected chi connectivity index (χ0v) is 13.7. The van der Waals surface area contributed by atoms with Gasteiger partial charge in [-0.2, -0.15) is 11.3 Å². The van der Waals surface area contributed by atoms with Crippen molar-refractivity contribution in [3.05, 3.63) is 22.4 Å². The third kappa shape index (κ3) is 3.83. The van der Waals surface area contributed by atoms with Crippen molar-refractivity contribution in [3.63, 3.8) is 0 Å². The monoisotopic (exact) mass is 309 g/mol. The number of hydrogen-bond donors (Lipinski definition) is 1. The van der Waals surface area contributed by atoms with E-state index in [-0.39, 0.29) is 23.8 Å². The van der Waals surface area contributed by atoms with Gasteiger partial charge in [0, 0.05) is 26.1 Å². The molecule has 2 unspecified atom stereocenters. The summed E-state index contributed by atoms with van der Waals surface area (Å²) < 4.78 is 0. The van der Waals surface area contributed by atoms with Crippen molar-refractivity contribution >= 4 is 23.2 Å². The highest BCUT2D eigenvalue weighted by molar-refractivity contribution is 7.07. The fraction of sp³-hybridized carbons (Fsp3) is 0.600. The molecule has 1 saturated heterocycles. The molecule has 0 saturated carbocycles. The molecule has 1 N–H and O–H groups in total. The molecule has 2 rings (SSSR count). The second-order valence-electron chi connectivity index (χ2n) is 5.61. The second kappa shape index (κ2) is 7.04. The molecule has 21 heavy (non-hydrogen) atoms. The van der Waals surface area contributed by atoms with E-state index in [1.54, 1.807) is 16.2 Å². The van der Waals surface area contributed by atoms with Crippen molar-refractivity contribution in [3.8, 4) is 0 Å². The summed E-state index contributed by atoms with van der Waals surface area (Å²) in [6, 6.07) is 2.25. The van der Waals surface area contributed by atoms with E-state index >= 15 is 0 Å². The first-order valence-electron chi connectivity index (χ1n) is 7.27. The van der Waals surface area contributed by atoms with E-state index in [9.17, 15) is 9.59 Å². The van der Waals surface area contributed by atoms with Crippen LogP contribution in [0.4, 0.5) is 0 Å². The molecule has 0 aliphatic carbocycles. The molecule has 5 nitrogen and oxygen atoms in total. The summed E-state index contributed by atoms with van der Waals surface area (Å²) >= 11 is 1.66. The average Bonchev–Trinajstić information content (AvgIpc) is 3.07. The number of nitrogens with zero attached hydrogens (tertiary/aromatic N) is 2. The van der Waals surface area contributed by atoms with E-state index in [2.05, 4.69) is 21.7 Å². The second-order valence-corrected chi connectivity index (χ2v) is 6.39. The van der Waals surface area contributed by atoms with Gasteiger partial charge in [0.05, 0.1) is 12.0 Å². The number of hydrogen-bond acceptors (Lipinski definition) is 4. The Morgan fingerprint density at radius 1 is 1.57 bits per heavy atom.